The van der Waals surface area contributed by atoms with Gasteiger partial charge < -0.3 is 9.72 Å². The van der Waals surface area contributed by atoms with E-state index in [9.17, 15) is 9.59 Å². The minimum absolute atomic E-state index is 0.0931. The Balaban J connectivity index is 2.40. The Hall–Kier alpha value is -2.10. The van der Waals surface area contributed by atoms with Crippen molar-refractivity contribution in [2.24, 2.45) is 0 Å². The normalized spacial score (nSPS) is 10.7. The van der Waals surface area contributed by atoms with Crippen molar-refractivity contribution in [1.82, 2.24) is 4.98 Å². The Labute approximate surface area is 117 Å². The highest BCUT2D eigenvalue weighted by Crippen LogP contribution is 2.21. The minimum Gasteiger partial charge on any atom is -0.495 e. The number of hydrogen-bond donors (Lipinski definition) is 1. The first-order valence-electron chi connectivity index (χ1n) is 6.90. The number of unbranched alkanes of at least 4 members (excludes halogenated alkanes) is 2. The van der Waals surface area contributed by atoms with Crippen LogP contribution >= 0.6 is 0 Å². The molecule has 1 aromatic carbocycles. The van der Waals surface area contributed by atoms with Crippen LogP contribution in [0, 0.1) is 0 Å². The van der Waals surface area contributed by atoms with Crippen molar-refractivity contribution < 1.29 is 9.53 Å². The molecule has 0 aliphatic rings. The number of nitrogens with one attached hydrogen (secondary N) is 1. The van der Waals surface area contributed by atoms with Crippen molar-refractivity contribution in [2.75, 3.05) is 7.11 Å². The van der Waals surface area contributed by atoms with E-state index in [1.807, 2.05) is 0 Å². The molecule has 0 saturated carbocycles. The van der Waals surface area contributed by atoms with Gasteiger partial charge in [0.15, 0.2) is 11.2 Å². The van der Waals surface area contributed by atoms with E-state index in [0.717, 1.165) is 19.3 Å². The molecule has 0 aliphatic heterocycles. The van der Waals surface area contributed by atoms with E-state index in [1.165, 1.54) is 6.20 Å². The zero-order valence-corrected chi connectivity index (χ0v) is 11.9. The molecule has 0 radical (unpaired) electrons. The van der Waals surface area contributed by atoms with Crippen LogP contribution in [0.2, 0.25) is 0 Å². The molecular formula is C16H19NO3. The van der Waals surface area contributed by atoms with E-state index >= 15 is 0 Å². The summed E-state index contributed by atoms with van der Waals surface area (Å²) in [6.07, 6.45) is 4.81. The number of para-hydroxylation sites is 1. The summed E-state index contributed by atoms with van der Waals surface area (Å²) in [5, 5.41) is 0.491. The van der Waals surface area contributed by atoms with Crippen LogP contribution in [0.4, 0.5) is 0 Å². The summed E-state index contributed by atoms with van der Waals surface area (Å²) in [4.78, 5) is 27.5. The number of aromatic nitrogens is 1. The summed E-state index contributed by atoms with van der Waals surface area (Å²) < 4.78 is 5.21. The number of H-pyrrole nitrogens is 1. The zero-order chi connectivity index (χ0) is 14.5. The van der Waals surface area contributed by atoms with Gasteiger partial charge in [-0.2, -0.15) is 0 Å². The van der Waals surface area contributed by atoms with E-state index in [-0.39, 0.29) is 16.8 Å². The lowest BCUT2D eigenvalue weighted by Gasteiger charge is -2.06. The van der Waals surface area contributed by atoms with Crippen LogP contribution in [0.15, 0.2) is 29.2 Å². The number of rotatable bonds is 6. The zero-order valence-electron chi connectivity index (χ0n) is 11.9. The number of methoxy groups -OCH3 is 1. The highest BCUT2D eigenvalue weighted by Gasteiger charge is 2.14. The molecule has 0 aliphatic carbocycles. The summed E-state index contributed by atoms with van der Waals surface area (Å²) in [6, 6.07) is 5.24. The fraction of sp³-hybridized carbons (Fsp3) is 0.375. The Morgan fingerprint density at radius 2 is 2.10 bits per heavy atom. The van der Waals surface area contributed by atoms with Crippen LogP contribution in [-0.4, -0.2) is 17.9 Å². The van der Waals surface area contributed by atoms with E-state index < -0.39 is 0 Å². The molecule has 4 heteroatoms. The summed E-state index contributed by atoms with van der Waals surface area (Å²) in [7, 11) is 1.55. The molecule has 1 aromatic heterocycles. The summed E-state index contributed by atoms with van der Waals surface area (Å²) in [6.45, 7) is 2.08. The second-order valence-electron chi connectivity index (χ2n) is 4.79. The maximum atomic E-state index is 12.4. The monoisotopic (exact) mass is 273 g/mol. The molecule has 1 heterocycles. The molecule has 0 fully saturated rings. The van der Waals surface area contributed by atoms with Gasteiger partial charge in [-0.3, -0.25) is 9.59 Å². The van der Waals surface area contributed by atoms with Gasteiger partial charge in [0.25, 0.3) is 0 Å². The molecule has 0 amide bonds. The van der Waals surface area contributed by atoms with Crippen LogP contribution in [0.5, 0.6) is 5.75 Å². The van der Waals surface area contributed by atoms with Crippen molar-refractivity contribution in [1.29, 1.82) is 0 Å². The van der Waals surface area contributed by atoms with Crippen molar-refractivity contribution in [3.8, 4) is 5.75 Å². The summed E-state index contributed by atoms with van der Waals surface area (Å²) >= 11 is 0. The van der Waals surface area contributed by atoms with Crippen LogP contribution in [0.25, 0.3) is 10.9 Å². The highest BCUT2D eigenvalue weighted by molar-refractivity contribution is 5.99. The molecular weight excluding hydrogens is 254 g/mol. The van der Waals surface area contributed by atoms with Gasteiger partial charge in [0.05, 0.1) is 23.6 Å². The lowest BCUT2D eigenvalue weighted by atomic mass is 10.0. The predicted molar refractivity (Wildman–Crippen MR) is 79.6 cm³/mol. The molecule has 1 N–H and O–H groups in total. The third-order valence-corrected chi connectivity index (χ3v) is 3.40. The molecule has 2 rings (SSSR count). The number of benzene rings is 1. The minimum atomic E-state index is -0.223. The van der Waals surface area contributed by atoms with Gasteiger partial charge in [0.1, 0.15) is 5.75 Å². The summed E-state index contributed by atoms with van der Waals surface area (Å²) in [5.74, 6) is 0.508. The second-order valence-corrected chi connectivity index (χ2v) is 4.79. The lowest BCUT2D eigenvalue weighted by Crippen LogP contribution is -2.16. The predicted octanol–water partition coefficient (Wildman–Crippen LogP) is 3.30. The van der Waals surface area contributed by atoms with Gasteiger partial charge in [0, 0.05) is 12.6 Å². The molecule has 0 saturated heterocycles. The number of carbonyl (C=O) groups excluding carboxylic acids is 1. The van der Waals surface area contributed by atoms with Crippen molar-refractivity contribution in [2.45, 2.75) is 32.6 Å². The van der Waals surface area contributed by atoms with Crippen LogP contribution in [0.1, 0.15) is 43.0 Å². The van der Waals surface area contributed by atoms with E-state index in [2.05, 4.69) is 11.9 Å². The second kappa shape index (κ2) is 6.37. The number of carbonyl (C=O) groups is 1. The third kappa shape index (κ3) is 2.74. The van der Waals surface area contributed by atoms with Gasteiger partial charge in [0.2, 0.25) is 0 Å². The number of ether oxygens (including phenoxy) is 1. The lowest BCUT2D eigenvalue weighted by molar-refractivity contribution is 0.0978. The van der Waals surface area contributed by atoms with Gasteiger partial charge in [-0.1, -0.05) is 25.8 Å². The Morgan fingerprint density at radius 3 is 2.80 bits per heavy atom. The average Bonchev–Trinajstić information content (AvgIpc) is 2.47. The Bertz CT molecular complexity index is 673. The number of fused-ring (bicyclic) bond motifs is 1. The van der Waals surface area contributed by atoms with E-state index in [0.29, 0.717) is 23.1 Å². The van der Waals surface area contributed by atoms with Crippen molar-refractivity contribution >= 4 is 16.7 Å². The molecule has 106 valence electrons. The number of aromatic amines is 1. The molecule has 0 spiro atoms. The fourth-order valence-electron chi connectivity index (χ4n) is 2.27. The first-order valence-corrected chi connectivity index (χ1v) is 6.90. The Kier molecular flexibility index (Phi) is 4.56. The van der Waals surface area contributed by atoms with E-state index in [4.69, 9.17) is 4.74 Å². The van der Waals surface area contributed by atoms with Gasteiger partial charge in [-0.05, 0) is 18.6 Å². The number of Topliss-reactive ketones (excluding diaryl/α,β-unsaturated/α-hetero) is 1. The molecule has 20 heavy (non-hydrogen) atoms. The maximum Gasteiger partial charge on any atom is 0.200 e. The fourth-order valence-corrected chi connectivity index (χ4v) is 2.27. The number of hydrogen-bond acceptors (Lipinski definition) is 3. The van der Waals surface area contributed by atoms with Crippen LogP contribution in [-0.2, 0) is 0 Å². The highest BCUT2D eigenvalue weighted by atomic mass is 16.5. The van der Waals surface area contributed by atoms with Gasteiger partial charge in [-0.15, -0.1) is 0 Å². The third-order valence-electron chi connectivity index (χ3n) is 3.40. The van der Waals surface area contributed by atoms with Crippen LogP contribution < -0.4 is 10.2 Å². The largest absolute Gasteiger partial charge is 0.495 e. The number of pyridine rings is 1. The molecule has 2 aromatic rings. The average molecular weight is 273 g/mol. The van der Waals surface area contributed by atoms with Gasteiger partial charge >= 0.3 is 0 Å². The van der Waals surface area contributed by atoms with E-state index in [1.54, 1.807) is 25.3 Å². The van der Waals surface area contributed by atoms with Crippen LogP contribution in [0.3, 0.4) is 0 Å². The SMILES string of the molecule is CCCCCC(=O)c1c[nH]c2c(OC)cccc2c1=O. The smallest absolute Gasteiger partial charge is 0.200 e. The quantitative estimate of drug-likeness (QED) is 0.649. The van der Waals surface area contributed by atoms with Gasteiger partial charge in [-0.25, -0.2) is 0 Å². The Morgan fingerprint density at radius 1 is 1.30 bits per heavy atom. The standard InChI is InChI=1S/C16H19NO3/c1-3-4-5-8-13(18)12-10-17-15-11(16(12)19)7-6-9-14(15)20-2/h6-7,9-10H,3-5,8H2,1-2H3,(H,17,19). The molecule has 0 unspecified atom stereocenters. The summed E-state index contributed by atoms with van der Waals surface area (Å²) in [5.41, 5.74) is 0.645. The molecule has 0 atom stereocenters. The maximum absolute atomic E-state index is 12.4. The van der Waals surface area contributed by atoms with Crippen molar-refractivity contribution in [3.63, 3.8) is 0 Å². The first-order chi connectivity index (χ1) is 9.69. The number of ketones is 1. The topological polar surface area (TPSA) is 59.2 Å². The molecule has 4 nitrogen and oxygen atoms in total. The first kappa shape index (κ1) is 14.3. The molecule has 0 bridgehead atoms. The van der Waals surface area contributed by atoms with Crippen molar-refractivity contribution in [3.05, 3.63) is 40.2 Å².